The number of hydrogen-bond donors (Lipinski definition) is 2. The molecule has 0 saturated carbocycles. The summed E-state index contributed by atoms with van der Waals surface area (Å²) >= 11 is 17.4. The van der Waals surface area contributed by atoms with E-state index in [0.717, 1.165) is 29.2 Å². The number of halogens is 2. The minimum Gasteiger partial charge on any atom is -0.457 e. The molecule has 138 valence electrons. The van der Waals surface area contributed by atoms with Crippen molar-refractivity contribution in [2.75, 3.05) is 11.9 Å². The van der Waals surface area contributed by atoms with Crippen molar-refractivity contribution in [3.8, 4) is 11.5 Å². The van der Waals surface area contributed by atoms with Crippen LogP contribution in [0.25, 0.3) is 0 Å². The van der Waals surface area contributed by atoms with Gasteiger partial charge in [0.1, 0.15) is 11.5 Å². The first-order chi connectivity index (χ1) is 13.1. The van der Waals surface area contributed by atoms with E-state index >= 15 is 0 Å². The zero-order chi connectivity index (χ0) is 19.1. The Balaban J connectivity index is 1.46. The molecule has 0 aromatic heterocycles. The van der Waals surface area contributed by atoms with Gasteiger partial charge in [0, 0.05) is 22.3 Å². The van der Waals surface area contributed by atoms with Crippen molar-refractivity contribution in [1.82, 2.24) is 5.32 Å². The van der Waals surface area contributed by atoms with Crippen LogP contribution in [-0.2, 0) is 6.42 Å². The number of anilines is 1. The number of benzene rings is 3. The van der Waals surface area contributed by atoms with Crippen LogP contribution in [0.3, 0.4) is 0 Å². The first-order valence-electron chi connectivity index (χ1n) is 8.42. The molecule has 3 nitrogen and oxygen atoms in total. The number of nitrogens with one attached hydrogen (secondary N) is 2. The number of ether oxygens (including phenoxy) is 1. The van der Waals surface area contributed by atoms with E-state index in [1.54, 1.807) is 6.07 Å². The average Bonchev–Trinajstić information content (AvgIpc) is 2.66. The molecular weight excluding hydrogens is 399 g/mol. The molecule has 2 N–H and O–H groups in total. The van der Waals surface area contributed by atoms with Gasteiger partial charge in [-0.1, -0.05) is 47.5 Å². The van der Waals surface area contributed by atoms with Gasteiger partial charge in [0.05, 0.1) is 0 Å². The predicted octanol–water partition coefficient (Wildman–Crippen LogP) is 6.31. The first-order valence-corrected chi connectivity index (χ1v) is 9.58. The highest BCUT2D eigenvalue weighted by atomic mass is 35.5. The van der Waals surface area contributed by atoms with Crippen LogP contribution in [-0.4, -0.2) is 11.7 Å². The van der Waals surface area contributed by atoms with Crippen LogP contribution in [0.5, 0.6) is 11.5 Å². The van der Waals surface area contributed by atoms with Gasteiger partial charge in [-0.3, -0.25) is 0 Å². The second kappa shape index (κ2) is 9.60. The summed E-state index contributed by atoms with van der Waals surface area (Å²) in [5, 5.41) is 8.18. The fourth-order valence-electron chi connectivity index (χ4n) is 2.44. The topological polar surface area (TPSA) is 33.3 Å². The Bertz CT molecular complexity index is 902. The standard InChI is InChI=1S/C21H18Cl2N2OS/c22-16-7-6-15(20(23)14-16)12-13-24-21(27)25-17-8-10-19(11-9-17)26-18-4-2-1-3-5-18/h1-11,14H,12-13H2,(H2,24,25,27). The normalized spacial score (nSPS) is 10.3. The van der Waals surface area contributed by atoms with E-state index in [1.807, 2.05) is 66.7 Å². The molecule has 3 aromatic rings. The lowest BCUT2D eigenvalue weighted by Gasteiger charge is -2.12. The monoisotopic (exact) mass is 416 g/mol. The van der Waals surface area contributed by atoms with E-state index in [4.69, 9.17) is 40.2 Å². The summed E-state index contributed by atoms with van der Waals surface area (Å²) in [5.74, 6) is 1.57. The van der Waals surface area contributed by atoms with E-state index in [9.17, 15) is 0 Å². The quantitative estimate of drug-likeness (QED) is 0.460. The molecule has 27 heavy (non-hydrogen) atoms. The first kappa shape index (κ1) is 19.5. The summed E-state index contributed by atoms with van der Waals surface area (Å²) in [6, 6.07) is 22.8. The lowest BCUT2D eigenvalue weighted by Crippen LogP contribution is -2.30. The molecule has 0 fully saturated rings. The molecule has 0 bridgehead atoms. The van der Waals surface area contributed by atoms with Crippen LogP contribution in [0.4, 0.5) is 5.69 Å². The second-order valence-corrected chi connectivity index (χ2v) is 7.06. The number of hydrogen-bond acceptors (Lipinski definition) is 2. The molecule has 3 aromatic carbocycles. The molecule has 0 aliphatic carbocycles. The Morgan fingerprint density at radius 1 is 0.889 bits per heavy atom. The van der Waals surface area contributed by atoms with Crippen LogP contribution in [0, 0.1) is 0 Å². The Hall–Kier alpha value is -2.27. The van der Waals surface area contributed by atoms with Gasteiger partial charge in [-0.15, -0.1) is 0 Å². The lowest BCUT2D eigenvalue weighted by atomic mass is 10.1. The van der Waals surface area contributed by atoms with Gasteiger partial charge in [0.2, 0.25) is 0 Å². The highest BCUT2D eigenvalue weighted by molar-refractivity contribution is 7.80. The zero-order valence-corrected chi connectivity index (χ0v) is 16.7. The maximum Gasteiger partial charge on any atom is 0.170 e. The van der Waals surface area contributed by atoms with Gasteiger partial charge < -0.3 is 15.4 Å². The molecule has 0 amide bonds. The van der Waals surface area contributed by atoms with Crippen molar-refractivity contribution >= 4 is 46.2 Å². The predicted molar refractivity (Wildman–Crippen MR) is 117 cm³/mol. The highest BCUT2D eigenvalue weighted by Crippen LogP contribution is 2.23. The molecule has 0 atom stereocenters. The fraction of sp³-hybridized carbons (Fsp3) is 0.0952. The maximum absolute atomic E-state index is 6.17. The molecular formula is C21H18Cl2N2OS. The largest absolute Gasteiger partial charge is 0.457 e. The Morgan fingerprint density at radius 3 is 2.30 bits per heavy atom. The van der Waals surface area contributed by atoms with Gasteiger partial charge in [0.25, 0.3) is 0 Å². The van der Waals surface area contributed by atoms with E-state index in [1.165, 1.54) is 0 Å². The SMILES string of the molecule is S=C(NCCc1ccc(Cl)cc1Cl)Nc1ccc(Oc2ccccc2)cc1. The molecule has 0 saturated heterocycles. The third kappa shape index (κ3) is 6.14. The molecule has 0 unspecified atom stereocenters. The minimum absolute atomic E-state index is 0.553. The molecule has 0 radical (unpaired) electrons. The van der Waals surface area contributed by atoms with Crippen molar-refractivity contribution in [3.63, 3.8) is 0 Å². The van der Waals surface area contributed by atoms with Crippen molar-refractivity contribution in [2.24, 2.45) is 0 Å². The Kier molecular flexibility index (Phi) is 6.93. The van der Waals surface area contributed by atoms with E-state index in [0.29, 0.717) is 21.7 Å². The van der Waals surface area contributed by atoms with Crippen LogP contribution in [0.2, 0.25) is 10.0 Å². The number of thiocarbonyl (C=S) groups is 1. The molecule has 0 aliphatic heterocycles. The average molecular weight is 417 g/mol. The summed E-state index contributed by atoms with van der Waals surface area (Å²) in [7, 11) is 0. The van der Waals surface area contributed by atoms with E-state index in [-0.39, 0.29) is 0 Å². The van der Waals surface area contributed by atoms with Crippen LogP contribution in [0.1, 0.15) is 5.56 Å². The molecule has 0 aliphatic rings. The van der Waals surface area contributed by atoms with Crippen molar-refractivity contribution < 1.29 is 4.74 Å². The lowest BCUT2D eigenvalue weighted by molar-refractivity contribution is 0.483. The molecule has 6 heteroatoms. The molecule has 3 rings (SSSR count). The van der Waals surface area contributed by atoms with Gasteiger partial charge in [-0.25, -0.2) is 0 Å². The highest BCUT2D eigenvalue weighted by Gasteiger charge is 2.03. The molecule has 0 heterocycles. The van der Waals surface area contributed by atoms with Gasteiger partial charge in [-0.2, -0.15) is 0 Å². The van der Waals surface area contributed by atoms with Crippen molar-refractivity contribution in [3.05, 3.63) is 88.4 Å². The van der Waals surface area contributed by atoms with Crippen molar-refractivity contribution in [2.45, 2.75) is 6.42 Å². The maximum atomic E-state index is 6.17. The smallest absolute Gasteiger partial charge is 0.170 e. The molecule has 0 spiro atoms. The summed E-state index contributed by atoms with van der Waals surface area (Å²) in [4.78, 5) is 0. The minimum atomic E-state index is 0.553. The third-order valence-corrected chi connectivity index (χ3v) is 4.62. The van der Waals surface area contributed by atoms with E-state index < -0.39 is 0 Å². The van der Waals surface area contributed by atoms with Crippen LogP contribution >= 0.6 is 35.4 Å². The number of para-hydroxylation sites is 1. The Morgan fingerprint density at radius 2 is 1.59 bits per heavy atom. The summed E-state index contributed by atoms with van der Waals surface area (Å²) in [6.07, 6.45) is 0.752. The van der Waals surface area contributed by atoms with Gasteiger partial charge in [0.15, 0.2) is 5.11 Å². The Labute approximate surface area is 174 Å². The summed E-state index contributed by atoms with van der Waals surface area (Å²) in [5.41, 5.74) is 1.91. The van der Waals surface area contributed by atoms with Crippen LogP contribution < -0.4 is 15.4 Å². The van der Waals surface area contributed by atoms with Gasteiger partial charge in [-0.05, 0) is 72.7 Å². The third-order valence-electron chi connectivity index (χ3n) is 3.79. The van der Waals surface area contributed by atoms with Crippen LogP contribution in [0.15, 0.2) is 72.8 Å². The summed E-state index contributed by atoms with van der Waals surface area (Å²) in [6.45, 7) is 0.669. The summed E-state index contributed by atoms with van der Waals surface area (Å²) < 4.78 is 5.77. The van der Waals surface area contributed by atoms with Gasteiger partial charge >= 0.3 is 0 Å². The number of rotatable bonds is 6. The van der Waals surface area contributed by atoms with Crippen molar-refractivity contribution in [1.29, 1.82) is 0 Å². The fourth-order valence-corrected chi connectivity index (χ4v) is 3.16. The second-order valence-electron chi connectivity index (χ2n) is 5.81. The zero-order valence-electron chi connectivity index (χ0n) is 14.4. The van der Waals surface area contributed by atoms with E-state index in [2.05, 4.69) is 10.6 Å².